The SMILES string of the molecule is COc1ccc(C(=O)Nc2ccc(Nc3nc(C)cc(C)n3)cc2)cc1. The molecule has 2 aromatic carbocycles. The van der Waals surface area contributed by atoms with E-state index in [0.717, 1.165) is 17.1 Å². The molecule has 0 saturated heterocycles. The Balaban J connectivity index is 1.66. The molecule has 3 aromatic rings. The molecule has 3 rings (SSSR count). The lowest BCUT2D eigenvalue weighted by Gasteiger charge is -2.09. The number of benzene rings is 2. The minimum absolute atomic E-state index is 0.175. The van der Waals surface area contributed by atoms with Gasteiger partial charge < -0.3 is 15.4 Å². The molecule has 0 bridgehead atoms. The van der Waals surface area contributed by atoms with Gasteiger partial charge in [-0.3, -0.25) is 4.79 Å². The van der Waals surface area contributed by atoms with Gasteiger partial charge in [0.15, 0.2) is 0 Å². The van der Waals surface area contributed by atoms with Crippen LogP contribution in [0.4, 0.5) is 17.3 Å². The van der Waals surface area contributed by atoms with E-state index in [0.29, 0.717) is 22.9 Å². The maximum absolute atomic E-state index is 12.3. The van der Waals surface area contributed by atoms with Crippen LogP contribution in [0.15, 0.2) is 54.6 Å². The summed E-state index contributed by atoms with van der Waals surface area (Å²) < 4.78 is 5.10. The number of hydrogen-bond donors (Lipinski definition) is 2. The number of rotatable bonds is 5. The third-order valence-corrected chi connectivity index (χ3v) is 3.73. The number of nitrogens with zero attached hydrogens (tertiary/aromatic N) is 2. The molecule has 1 aromatic heterocycles. The summed E-state index contributed by atoms with van der Waals surface area (Å²) in [6.07, 6.45) is 0. The predicted molar refractivity (Wildman–Crippen MR) is 102 cm³/mol. The summed E-state index contributed by atoms with van der Waals surface area (Å²) in [5, 5.41) is 6.03. The molecule has 0 spiro atoms. The van der Waals surface area contributed by atoms with E-state index < -0.39 is 0 Å². The van der Waals surface area contributed by atoms with Gasteiger partial charge in [-0.1, -0.05) is 0 Å². The van der Waals surface area contributed by atoms with Crippen molar-refractivity contribution < 1.29 is 9.53 Å². The fourth-order valence-electron chi connectivity index (χ4n) is 2.49. The van der Waals surface area contributed by atoms with Crippen LogP contribution in [-0.4, -0.2) is 23.0 Å². The lowest BCUT2D eigenvalue weighted by Crippen LogP contribution is -2.11. The second-order valence-electron chi connectivity index (χ2n) is 5.86. The van der Waals surface area contributed by atoms with E-state index in [4.69, 9.17) is 4.74 Å². The quantitative estimate of drug-likeness (QED) is 0.726. The van der Waals surface area contributed by atoms with E-state index in [2.05, 4.69) is 20.6 Å². The minimum Gasteiger partial charge on any atom is -0.497 e. The highest BCUT2D eigenvalue weighted by molar-refractivity contribution is 6.04. The maximum Gasteiger partial charge on any atom is 0.255 e. The molecule has 0 atom stereocenters. The van der Waals surface area contributed by atoms with Gasteiger partial charge in [-0.2, -0.15) is 0 Å². The number of carbonyl (C=O) groups is 1. The topological polar surface area (TPSA) is 76.1 Å². The molecule has 0 aliphatic rings. The van der Waals surface area contributed by atoms with Crippen LogP contribution in [0.3, 0.4) is 0 Å². The van der Waals surface area contributed by atoms with Crippen LogP contribution in [0, 0.1) is 13.8 Å². The Morgan fingerprint density at radius 3 is 2.04 bits per heavy atom. The highest BCUT2D eigenvalue weighted by Gasteiger charge is 2.07. The molecule has 132 valence electrons. The average Bonchev–Trinajstić information content (AvgIpc) is 2.62. The molecule has 0 saturated carbocycles. The standard InChI is InChI=1S/C20H20N4O2/c1-13-12-14(2)22-20(21-13)24-17-8-6-16(7-9-17)23-19(25)15-4-10-18(26-3)11-5-15/h4-12H,1-3H3,(H,23,25)(H,21,22,24). The second-order valence-corrected chi connectivity index (χ2v) is 5.86. The zero-order valence-electron chi connectivity index (χ0n) is 14.9. The number of amides is 1. The molecule has 1 heterocycles. The Hall–Kier alpha value is -3.41. The Morgan fingerprint density at radius 1 is 0.885 bits per heavy atom. The Kier molecular flexibility index (Phi) is 5.12. The Labute approximate surface area is 152 Å². The average molecular weight is 348 g/mol. The summed E-state index contributed by atoms with van der Waals surface area (Å²) in [6.45, 7) is 3.86. The summed E-state index contributed by atoms with van der Waals surface area (Å²) in [7, 11) is 1.59. The molecule has 2 N–H and O–H groups in total. The van der Waals surface area contributed by atoms with Crippen molar-refractivity contribution in [2.24, 2.45) is 0 Å². The molecule has 0 aliphatic carbocycles. The lowest BCUT2D eigenvalue weighted by molar-refractivity contribution is 0.102. The van der Waals surface area contributed by atoms with Crippen molar-refractivity contribution in [3.05, 3.63) is 71.5 Å². The molecular formula is C20H20N4O2. The van der Waals surface area contributed by atoms with Crippen LogP contribution in [0.25, 0.3) is 0 Å². The molecule has 6 heteroatoms. The Morgan fingerprint density at radius 2 is 1.46 bits per heavy atom. The van der Waals surface area contributed by atoms with Gasteiger partial charge in [0.05, 0.1) is 7.11 Å². The first kappa shape index (κ1) is 17.4. The third kappa shape index (κ3) is 4.36. The molecule has 0 radical (unpaired) electrons. The molecule has 1 amide bonds. The monoisotopic (exact) mass is 348 g/mol. The van der Waals surface area contributed by atoms with Gasteiger partial charge in [0, 0.05) is 28.3 Å². The fraction of sp³-hybridized carbons (Fsp3) is 0.150. The molecule has 0 aliphatic heterocycles. The van der Waals surface area contributed by atoms with E-state index in [1.54, 1.807) is 31.4 Å². The van der Waals surface area contributed by atoms with Crippen molar-refractivity contribution >= 4 is 23.2 Å². The van der Waals surface area contributed by atoms with Crippen LogP contribution in [0.5, 0.6) is 5.75 Å². The first-order valence-corrected chi connectivity index (χ1v) is 8.18. The van der Waals surface area contributed by atoms with Gasteiger partial charge in [-0.25, -0.2) is 9.97 Å². The van der Waals surface area contributed by atoms with Gasteiger partial charge in [-0.05, 0) is 68.4 Å². The number of hydrogen-bond acceptors (Lipinski definition) is 5. The third-order valence-electron chi connectivity index (χ3n) is 3.73. The summed E-state index contributed by atoms with van der Waals surface area (Å²) in [5.41, 5.74) is 3.93. The number of aryl methyl sites for hydroxylation is 2. The number of methoxy groups -OCH3 is 1. The Bertz CT molecular complexity index is 886. The summed E-state index contributed by atoms with van der Waals surface area (Å²) in [5.74, 6) is 1.09. The van der Waals surface area contributed by atoms with Gasteiger partial charge in [0.25, 0.3) is 5.91 Å². The molecule has 0 unspecified atom stereocenters. The number of ether oxygens (including phenoxy) is 1. The zero-order valence-corrected chi connectivity index (χ0v) is 14.9. The van der Waals surface area contributed by atoms with Gasteiger partial charge in [-0.15, -0.1) is 0 Å². The molecule has 0 fully saturated rings. The predicted octanol–water partition coefficient (Wildman–Crippen LogP) is 4.10. The van der Waals surface area contributed by atoms with Gasteiger partial charge in [0.1, 0.15) is 5.75 Å². The van der Waals surface area contributed by atoms with E-state index >= 15 is 0 Å². The first-order valence-electron chi connectivity index (χ1n) is 8.18. The second kappa shape index (κ2) is 7.65. The summed E-state index contributed by atoms with van der Waals surface area (Å²) in [4.78, 5) is 21.0. The highest BCUT2D eigenvalue weighted by Crippen LogP contribution is 2.18. The van der Waals surface area contributed by atoms with Crippen LogP contribution in [-0.2, 0) is 0 Å². The lowest BCUT2D eigenvalue weighted by atomic mass is 10.2. The first-order chi connectivity index (χ1) is 12.5. The van der Waals surface area contributed by atoms with Crippen molar-refractivity contribution in [2.75, 3.05) is 17.7 Å². The summed E-state index contributed by atoms with van der Waals surface area (Å²) >= 11 is 0. The summed E-state index contributed by atoms with van der Waals surface area (Å²) in [6, 6.07) is 16.3. The number of anilines is 3. The fourth-order valence-corrected chi connectivity index (χ4v) is 2.49. The van der Waals surface area contributed by atoms with E-state index in [1.165, 1.54) is 0 Å². The molecule has 6 nitrogen and oxygen atoms in total. The van der Waals surface area contributed by atoms with Crippen molar-refractivity contribution in [1.82, 2.24) is 9.97 Å². The zero-order chi connectivity index (χ0) is 18.5. The van der Waals surface area contributed by atoms with Crippen LogP contribution in [0.1, 0.15) is 21.7 Å². The number of carbonyl (C=O) groups excluding carboxylic acids is 1. The largest absolute Gasteiger partial charge is 0.497 e. The molecular weight excluding hydrogens is 328 g/mol. The van der Waals surface area contributed by atoms with E-state index in [-0.39, 0.29) is 5.91 Å². The van der Waals surface area contributed by atoms with Crippen molar-refractivity contribution in [3.63, 3.8) is 0 Å². The maximum atomic E-state index is 12.3. The van der Waals surface area contributed by atoms with Crippen molar-refractivity contribution in [1.29, 1.82) is 0 Å². The van der Waals surface area contributed by atoms with Crippen molar-refractivity contribution in [3.8, 4) is 5.75 Å². The number of aromatic nitrogens is 2. The van der Waals surface area contributed by atoms with Crippen LogP contribution < -0.4 is 15.4 Å². The highest BCUT2D eigenvalue weighted by atomic mass is 16.5. The van der Waals surface area contributed by atoms with E-state index in [9.17, 15) is 4.79 Å². The van der Waals surface area contributed by atoms with Gasteiger partial charge in [0.2, 0.25) is 5.95 Å². The van der Waals surface area contributed by atoms with Crippen molar-refractivity contribution in [2.45, 2.75) is 13.8 Å². The van der Waals surface area contributed by atoms with Gasteiger partial charge >= 0.3 is 0 Å². The van der Waals surface area contributed by atoms with E-state index in [1.807, 2.05) is 44.2 Å². The van der Waals surface area contributed by atoms with Crippen LogP contribution >= 0.6 is 0 Å². The minimum atomic E-state index is -0.175. The normalized spacial score (nSPS) is 10.3. The van der Waals surface area contributed by atoms with Crippen LogP contribution in [0.2, 0.25) is 0 Å². The smallest absolute Gasteiger partial charge is 0.255 e. The molecule has 26 heavy (non-hydrogen) atoms. The number of nitrogens with one attached hydrogen (secondary N) is 2.